The molecule has 198 valence electrons. The zero-order valence-corrected chi connectivity index (χ0v) is 24.4. The molecule has 1 heterocycles. The van der Waals surface area contributed by atoms with Crippen LogP contribution in [0.15, 0.2) is 70.0 Å². The number of rotatable bonds is 8. The maximum atomic E-state index is 13.3. The third-order valence-electron chi connectivity index (χ3n) is 7.12. The first-order valence-corrected chi connectivity index (χ1v) is 15.1. The van der Waals surface area contributed by atoms with Gasteiger partial charge in [-0.15, -0.1) is 0 Å². The Morgan fingerprint density at radius 2 is 1.46 bits per heavy atom. The lowest BCUT2D eigenvalue weighted by atomic mass is 10.1. The molecule has 1 fully saturated rings. The minimum Gasteiger partial charge on any atom is -0.336 e. The summed E-state index contributed by atoms with van der Waals surface area (Å²) < 4.78 is 29.0. The van der Waals surface area contributed by atoms with Crippen LogP contribution in [-0.4, -0.2) is 73.2 Å². The molecule has 3 aromatic rings. The first-order valence-electron chi connectivity index (χ1n) is 12.9. The highest BCUT2D eigenvalue weighted by atomic mass is 79.9. The van der Waals surface area contributed by atoms with Crippen molar-refractivity contribution < 1.29 is 13.2 Å². The van der Waals surface area contributed by atoms with Gasteiger partial charge in [-0.3, -0.25) is 9.69 Å². The molecule has 0 spiro atoms. The molecule has 0 aliphatic carbocycles. The molecule has 0 N–H and O–H groups in total. The average molecular weight is 587 g/mol. The first kappa shape index (κ1) is 27.8. The van der Waals surface area contributed by atoms with E-state index in [1.165, 1.54) is 9.87 Å². The molecule has 0 atom stereocenters. The molecule has 0 unspecified atom stereocenters. The molecule has 1 aliphatic heterocycles. The quantitative estimate of drug-likeness (QED) is 0.354. The number of hydrogen-bond donors (Lipinski definition) is 0. The van der Waals surface area contributed by atoms with Gasteiger partial charge in [0.25, 0.3) is 5.91 Å². The zero-order chi connectivity index (χ0) is 26.7. The standard InChI is InChI=1S/C29H36BrN3O3S/c1-21(2)33(22(3)4)14-13-23-5-7-24(8-6-23)29(34)31-15-17-32(18-16-31)37(35,36)28-12-10-25-19-27(30)11-9-26(25)20-28/h5-12,19-22H,13-18H2,1-4H3. The fraction of sp³-hybridized carbons (Fsp3) is 0.414. The van der Waals surface area contributed by atoms with Gasteiger partial charge < -0.3 is 4.90 Å². The lowest BCUT2D eigenvalue weighted by Gasteiger charge is -2.34. The van der Waals surface area contributed by atoms with Crippen LogP contribution in [0, 0.1) is 0 Å². The number of halogens is 1. The van der Waals surface area contributed by atoms with Crippen molar-refractivity contribution in [1.82, 2.24) is 14.1 Å². The van der Waals surface area contributed by atoms with Crippen molar-refractivity contribution in [2.45, 2.75) is 51.1 Å². The molecule has 8 heteroatoms. The van der Waals surface area contributed by atoms with Crippen LogP contribution in [0.25, 0.3) is 10.8 Å². The Kier molecular flexibility index (Phi) is 8.74. The van der Waals surface area contributed by atoms with Crippen molar-refractivity contribution in [3.8, 4) is 0 Å². The number of nitrogens with zero attached hydrogens (tertiary/aromatic N) is 3. The highest BCUT2D eigenvalue weighted by Gasteiger charge is 2.30. The maximum absolute atomic E-state index is 13.3. The second kappa shape index (κ2) is 11.6. The molecule has 0 radical (unpaired) electrons. The first-order chi connectivity index (χ1) is 17.6. The van der Waals surface area contributed by atoms with Crippen molar-refractivity contribution >= 4 is 42.6 Å². The fourth-order valence-corrected chi connectivity index (χ4v) is 6.84. The monoisotopic (exact) mass is 585 g/mol. The number of fused-ring (bicyclic) bond motifs is 1. The lowest BCUT2D eigenvalue weighted by molar-refractivity contribution is 0.0698. The van der Waals surface area contributed by atoms with Gasteiger partial charge in [-0.25, -0.2) is 8.42 Å². The molecule has 37 heavy (non-hydrogen) atoms. The van der Waals surface area contributed by atoms with Crippen molar-refractivity contribution in [2.75, 3.05) is 32.7 Å². The largest absolute Gasteiger partial charge is 0.336 e. The van der Waals surface area contributed by atoms with Crippen LogP contribution in [0.1, 0.15) is 43.6 Å². The zero-order valence-electron chi connectivity index (χ0n) is 22.0. The van der Waals surface area contributed by atoms with Crippen molar-refractivity contribution in [3.05, 3.63) is 76.3 Å². The minimum absolute atomic E-state index is 0.0501. The molecule has 0 aromatic heterocycles. The average Bonchev–Trinajstić information content (AvgIpc) is 2.88. The van der Waals surface area contributed by atoms with Crippen molar-refractivity contribution in [1.29, 1.82) is 0 Å². The number of sulfonamides is 1. The molecular weight excluding hydrogens is 550 g/mol. The van der Waals surface area contributed by atoms with Gasteiger partial charge in [0.05, 0.1) is 4.90 Å². The summed E-state index contributed by atoms with van der Waals surface area (Å²) in [5, 5.41) is 1.86. The molecule has 6 nitrogen and oxygen atoms in total. The normalized spacial score (nSPS) is 15.3. The number of piperazine rings is 1. The van der Waals surface area contributed by atoms with E-state index in [1.54, 1.807) is 17.0 Å². The Morgan fingerprint density at radius 3 is 2.08 bits per heavy atom. The number of carbonyl (C=O) groups is 1. The number of hydrogen-bond acceptors (Lipinski definition) is 4. The van der Waals surface area contributed by atoms with E-state index in [1.807, 2.05) is 48.5 Å². The van der Waals surface area contributed by atoms with Crippen LogP contribution >= 0.6 is 15.9 Å². The fourth-order valence-electron chi connectivity index (χ4n) is 5.00. The Morgan fingerprint density at radius 1 is 0.865 bits per heavy atom. The van der Waals surface area contributed by atoms with E-state index in [0.717, 1.165) is 28.2 Å². The van der Waals surface area contributed by atoms with Crippen molar-refractivity contribution in [3.63, 3.8) is 0 Å². The smallest absolute Gasteiger partial charge is 0.253 e. The van der Waals surface area contributed by atoms with E-state index in [2.05, 4.69) is 48.5 Å². The van der Waals surface area contributed by atoms with Crippen LogP contribution in [0.2, 0.25) is 0 Å². The Labute approximate surface area is 229 Å². The topological polar surface area (TPSA) is 60.9 Å². The highest BCUT2D eigenvalue weighted by molar-refractivity contribution is 9.10. The third-order valence-corrected chi connectivity index (χ3v) is 9.51. The Bertz CT molecular complexity index is 1340. The molecule has 1 saturated heterocycles. The van der Waals surface area contributed by atoms with Gasteiger partial charge in [0.2, 0.25) is 10.0 Å². The van der Waals surface area contributed by atoms with Crippen LogP contribution in [0.5, 0.6) is 0 Å². The molecule has 1 amide bonds. The van der Waals surface area contributed by atoms with Gasteiger partial charge >= 0.3 is 0 Å². The van der Waals surface area contributed by atoms with Gasteiger partial charge in [0, 0.05) is 54.8 Å². The molecule has 0 saturated carbocycles. The summed E-state index contributed by atoms with van der Waals surface area (Å²) in [5.74, 6) is -0.0501. The predicted molar refractivity (Wildman–Crippen MR) is 153 cm³/mol. The predicted octanol–water partition coefficient (Wildman–Crippen LogP) is 5.41. The van der Waals surface area contributed by atoms with E-state index in [9.17, 15) is 13.2 Å². The van der Waals surface area contributed by atoms with E-state index in [-0.39, 0.29) is 23.9 Å². The number of benzene rings is 3. The molecule has 0 bridgehead atoms. The SMILES string of the molecule is CC(C)N(CCc1ccc(C(=O)N2CCN(S(=O)(=O)c3ccc4cc(Br)ccc4c3)CC2)cc1)C(C)C. The Hall–Kier alpha value is -2.26. The summed E-state index contributed by atoms with van der Waals surface area (Å²) in [5.41, 5.74) is 1.85. The lowest BCUT2D eigenvalue weighted by Crippen LogP contribution is -2.50. The third kappa shape index (κ3) is 6.42. The van der Waals surface area contributed by atoms with E-state index in [0.29, 0.717) is 30.7 Å². The van der Waals surface area contributed by atoms with Gasteiger partial charge in [-0.1, -0.05) is 40.2 Å². The van der Waals surface area contributed by atoms with E-state index >= 15 is 0 Å². The van der Waals surface area contributed by atoms with Gasteiger partial charge in [0.1, 0.15) is 0 Å². The molecule has 3 aromatic carbocycles. The molecule has 4 rings (SSSR count). The highest BCUT2D eigenvalue weighted by Crippen LogP contribution is 2.25. The van der Waals surface area contributed by atoms with Crippen LogP contribution in [0.3, 0.4) is 0 Å². The maximum Gasteiger partial charge on any atom is 0.253 e. The van der Waals surface area contributed by atoms with Crippen LogP contribution in [0.4, 0.5) is 0 Å². The van der Waals surface area contributed by atoms with E-state index < -0.39 is 10.0 Å². The summed E-state index contributed by atoms with van der Waals surface area (Å²) in [6.45, 7) is 11.2. The second-order valence-corrected chi connectivity index (χ2v) is 13.1. The summed E-state index contributed by atoms with van der Waals surface area (Å²) >= 11 is 3.45. The molecular formula is C29H36BrN3O3S. The van der Waals surface area contributed by atoms with E-state index in [4.69, 9.17) is 0 Å². The van der Waals surface area contributed by atoms with Crippen LogP contribution < -0.4 is 0 Å². The minimum atomic E-state index is -3.63. The summed E-state index contributed by atoms with van der Waals surface area (Å²) in [4.78, 5) is 17.6. The second-order valence-electron chi connectivity index (χ2n) is 10.2. The van der Waals surface area contributed by atoms with Gasteiger partial charge in [-0.2, -0.15) is 4.31 Å². The van der Waals surface area contributed by atoms with Crippen molar-refractivity contribution in [2.24, 2.45) is 0 Å². The molecule has 1 aliphatic rings. The number of amides is 1. The van der Waals surface area contributed by atoms with Gasteiger partial charge in [-0.05, 0) is 86.8 Å². The summed E-state index contributed by atoms with van der Waals surface area (Å²) in [6.07, 6.45) is 0.938. The summed E-state index contributed by atoms with van der Waals surface area (Å²) in [7, 11) is -3.63. The number of carbonyl (C=O) groups excluding carboxylic acids is 1. The Balaban J connectivity index is 1.36. The van der Waals surface area contributed by atoms with Crippen LogP contribution in [-0.2, 0) is 16.4 Å². The summed E-state index contributed by atoms with van der Waals surface area (Å²) in [6, 6.07) is 19.8. The van der Waals surface area contributed by atoms with Gasteiger partial charge in [0.15, 0.2) is 0 Å².